The van der Waals surface area contributed by atoms with Gasteiger partial charge in [0.2, 0.25) is 6.16 Å². The van der Waals surface area contributed by atoms with Gasteiger partial charge >= 0.3 is 8.03 Å². The van der Waals surface area contributed by atoms with Gasteiger partial charge < -0.3 is 4.74 Å². The van der Waals surface area contributed by atoms with Crippen LogP contribution in [-0.4, -0.2) is 17.7 Å². The molecule has 0 aliphatic carbocycles. The Morgan fingerprint density at radius 2 is 2.00 bits per heavy atom. The van der Waals surface area contributed by atoms with Gasteiger partial charge in [-0.15, -0.1) is 0 Å². The minimum absolute atomic E-state index is 0.185. The highest BCUT2D eigenvalue weighted by Crippen LogP contribution is 2.13. The summed E-state index contributed by atoms with van der Waals surface area (Å²) in [5.74, 6) is 0.731. The molecule has 0 heterocycles. The van der Waals surface area contributed by atoms with E-state index in [1.54, 1.807) is 0 Å². The molecule has 1 rings (SSSR count). The molecule has 4 heteroatoms. The molecule has 0 aromatic heterocycles. The van der Waals surface area contributed by atoms with E-state index >= 15 is 0 Å². The molecule has 0 amide bonds. The molecule has 1 N–H and O–H groups in total. The number of benzene rings is 1. The van der Waals surface area contributed by atoms with Crippen LogP contribution in [0, 0.1) is 0 Å². The lowest BCUT2D eigenvalue weighted by Crippen LogP contribution is -1.99. The summed E-state index contributed by atoms with van der Waals surface area (Å²) in [6.45, 7) is 0.287. The molecule has 3 nitrogen and oxygen atoms in total. The molecular weight excluding hydrogens is 175 g/mol. The maximum Gasteiger partial charge on any atom is 0.509 e. The van der Waals surface area contributed by atoms with Gasteiger partial charge in [0, 0.05) is 0 Å². The standard InChI is InChI=1S/C8H9O3P/c9-12(10)7-6-11-8-4-2-1-3-5-8/h1-5H,6-7H2/p+1. The van der Waals surface area contributed by atoms with Crippen molar-refractivity contribution in [3.05, 3.63) is 30.3 Å². The molecule has 0 aliphatic heterocycles. The minimum atomic E-state index is -2.07. The van der Waals surface area contributed by atoms with Gasteiger partial charge in [-0.3, -0.25) is 0 Å². The molecule has 64 valence electrons. The van der Waals surface area contributed by atoms with E-state index in [-0.39, 0.29) is 12.8 Å². The summed E-state index contributed by atoms with van der Waals surface area (Å²) in [6, 6.07) is 9.22. The fourth-order valence-corrected chi connectivity index (χ4v) is 1.01. The Bertz CT molecular complexity index is 248. The average Bonchev–Trinajstić information content (AvgIpc) is 2.05. The Morgan fingerprint density at radius 3 is 2.58 bits per heavy atom. The number of hydrogen-bond acceptors (Lipinski definition) is 2. The lowest BCUT2D eigenvalue weighted by molar-refractivity contribution is 0.337. The fourth-order valence-electron chi connectivity index (χ4n) is 0.758. The van der Waals surface area contributed by atoms with E-state index in [9.17, 15) is 4.57 Å². The van der Waals surface area contributed by atoms with E-state index < -0.39 is 8.03 Å². The Balaban J connectivity index is 2.29. The summed E-state index contributed by atoms with van der Waals surface area (Å²) >= 11 is 0. The summed E-state index contributed by atoms with van der Waals surface area (Å²) < 4.78 is 15.4. The zero-order valence-corrected chi connectivity index (χ0v) is 7.41. The van der Waals surface area contributed by atoms with E-state index in [2.05, 4.69) is 0 Å². The first kappa shape index (κ1) is 9.17. The summed E-state index contributed by atoms with van der Waals surface area (Å²) in [6.07, 6.45) is 0.185. The van der Waals surface area contributed by atoms with Crippen molar-refractivity contribution < 1.29 is 14.2 Å². The van der Waals surface area contributed by atoms with Crippen LogP contribution in [0.5, 0.6) is 5.75 Å². The number of hydrogen-bond donors (Lipinski definition) is 1. The van der Waals surface area contributed by atoms with E-state index in [1.165, 1.54) is 0 Å². The highest BCUT2D eigenvalue weighted by atomic mass is 31.1. The van der Waals surface area contributed by atoms with Crippen LogP contribution in [0.15, 0.2) is 30.3 Å². The van der Waals surface area contributed by atoms with Gasteiger partial charge in [0.1, 0.15) is 12.4 Å². The van der Waals surface area contributed by atoms with Gasteiger partial charge in [-0.2, -0.15) is 4.89 Å². The molecule has 0 saturated heterocycles. The second-order valence-corrected chi connectivity index (χ2v) is 3.39. The molecule has 0 radical (unpaired) electrons. The largest absolute Gasteiger partial charge is 0.509 e. The highest BCUT2D eigenvalue weighted by molar-refractivity contribution is 7.38. The van der Waals surface area contributed by atoms with Crippen molar-refractivity contribution in [3.8, 4) is 5.75 Å². The highest BCUT2D eigenvalue weighted by Gasteiger charge is 2.08. The summed E-state index contributed by atoms with van der Waals surface area (Å²) in [5, 5.41) is 0. The Hall–Kier alpha value is -0.920. The van der Waals surface area contributed by atoms with E-state index in [0.717, 1.165) is 5.75 Å². The minimum Gasteiger partial charge on any atom is -0.489 e. The molecule has 0 fully saturated rings. The molecule has 0 spiro atoms. The van der Waals surface area contributed by atoms with Gasteiger partial charge in [0.05, 0.1) is 0 Å². The molecular formula is C8H10O3P+. The van der Waals surface area contributed by atoms with Crippen molar-refractivity contribution in [3.63, 3.8) is 0 Å². The Kier molecular flexibility index (Phi) is 3.71. The topological polar surface area (TPSA) is 46.5 Å². The van der Waals surface area contributed by atoms with Crippen LogP contribution in [0.1, 0.15) is 0 Å². The second kappa shape index (κ2) is 4.86. The third-order valence-corrected chi connectivity index (χ3v) is 1.86. The van der Waals surface area contributed by atoms with Crippen molar-refractivity contribution in [2.24, 2.45) is 0 Å². The van der Waals surface area contributed by atoms with Crippen LogP contribution >= 0.6 is 8.03 Å². The smallest absolute Gasteiger partial charge is 0.489 e. The van der Waals surface area contributed by atoms with E-state index in [0.29, 0.717) is 0 Å². The third-order valence-electron chi connectivity index (χ3n) is 1.29. The van der Waals surface area contributed by atoms with Crippen molar-refractivity contribution in [1.29, 1.82) is 0 Å². The third kappa shape index (κ3) is 3.46. The van der Waals surface area contributed by atoms with Crippen LogP contribution in [0.4, 0.5) is 0 Å². The van der Waals surface area contributed by atoms with E-state index in [4.69, 9.17) is 9.63 Å². The summed E-state index contributed by atoms with van der Waals surface area (Å²) in [5.41, 5.74) is 0. The molecule has 1 atom stereocenters. The average molecular weight is 185 g/mol. The number of ether oxygens (including phenoxy) is 1. The van der Waals surface area contributed by atoms with Gasteiger partial charge in [0.15, 0.2) is 0 Å². The van der Waals surface area contributed by atoms with Crippen LogP contribution in [0.25, 0.3) is 0 Å². The van der Waals surface area contributed by atoms with Gasteiger partial charge in [-0.25, -0.2) is 0 Å². The lowest BCUT2D eigenvalue weighted by Gasteiger charge is -1.99. The van der Waals surface area contributed by atoms with Crippen molar-refractivity contribution in [1.82, 2.24) is 0 Å². The van der Waals surface area contributed by atoms with Crippen LogP contribution in [0.3, 0.4) is 0 Å². The van der Waals surface area contributed by atoms with Crippen LogP contribution < -0.4 is 4.74 Å². The zero-order valence-electron chi connectivity index (χ0n) is 6.51. The normalized spacial score (nSPS) is 10.9. The Morgan fingerprint density at radius 1 is 1.33 bits per heavy atom. The Labute approximate surface area is 71.9 Å². The SMILES string of the molecule is O=[P+](O)CCOc1ccccc1. The second-order valence-electron chi connectivity index (χ2n) is 2.24. The summed E-state index contributed by atoms with van der Waals surface area (Å²) in [4.78, 5) is 8.46. The van der Waals surface area contributed by atoms with Crippen molar-refractivity contribution in [2.45, 2.75) is 0 Å². The van der Waals surface area contributed by atoms with E-state index in [1.807, 2.05) is 30.3 Å². The first-order chi connectivity index (χ1) is 5.79. The lowest BCUT2D eigenvalue weighted by atomic mass is 10.3. The monoisotopic (exact) mass is 185 g/mol. The fraction of sp³-hybridized carbons (Fsp3) is 0.250. The molecule has 0 saturated carbocycles. The van der Waals surface area contributed by atoms with Gasteiger partial charge in [-0.05, 0) is 16.7 Å². The quantitative estimate of drug-likeness (QED) is 0.727. The first-order valence-corrected chi connectivity index (χ1v) is 5.00. The summed E-state index contributed by atoms with van der Waals surface area (Å²) in [7, 11) is -2.07. The van der Waals surface area contributed by atoms with Crippen LogP contribution in [0.2, 0.25) is 0 Å². The molecule has 12 heavy (non-hydrogen) atoms. The van der Waals surface area contributed by atoms with Gasteiger partial charge in [0.25, 0.3) is 0 Å². The first-order valence-electron chi connectivity index (χ1n) is 3.60. The van der Waals surface area contributed by atoms with Crippen molar-refractivity contribution >= 4 is 8.03 Å². The van der Waals surface area contributed by atoms with Crippen LogP contribution in [-0.2, 0) is 4.57 Å². The van der Waals surface area contributed by atoms with Crippen molar-refractivity contribution in [2.75, 3.05) is 12.8 Å². The maximum absolute atomic E-state index is 10.3. The molecule has 1 unspecified atom stereocenters. The molecule has 0 bridgehead atoms. The molecule has 1 aromatic carbocycles. The molecule has 0 aliphatic rings. The molecule has 1 aromatic rings. The maximum atomic E-state index is 10.3. The number of rotatable bonds is 4. The predicted molar refractivity (Wildman–Crippen MR) is 46.6 cm³/mol. The zero-order chi connectivity index (χ0) is 8.81. The predicted octanol–water partition coefficient (Wildman–Crippen LogP) is 1.80. The van der Waals surface area contributed by atoms with Gasteiger partial charge in [-0.1, -0.05) is 18.2 Å². The number of para-hydroxylation sites is 1.